The van der Waals surface area contributed by atoms with Crippen LogP contribution in [0.1, 0.15) is 5.56 Å². The number of nitrogens with zero attached hydrogens (tertiary/aromatic N) is 2. The molecule has 0 saturated heterocycles. The molecule has 0 atom stereocenters. The molecule has 0 saturated carbocycles. The minimum Gasteiger partial charge on any atom is -0.300 e. The van der Waals surface area contributed by atoms with Crippen molar-refractivity contribution in [3.63, 3.8) is 0 Å². The van der Waals surface area contributed by atoms with Crippen molar-refractivity contribution in [2.45, 2.75) is 6.61 Å². The zero-order valence-corrected chi connectivity index (χ0v) is 8.45. The minimum absolute atomic E-state index is 0.354. The molecule has 1 aromatic carbocycles. The van der Waals surface area contributed by atoms with Gasteiger partial charge in [0, 0.05) is 18.0 Å². The first-order chi connectivity index (χ1) is 6.74. The molecule has 2 N–H and O–H groups in total. The highest BCUT2D eigenvalue weighted by Crippen LogP contribution is 2.25. The van der Waals surface area contributed by atoms with E-state index in [4.69, 9.17) is 17.5 Å². The first-order valence-corrected chi connectivity index (χ1v) is 4.53. The van der Waals surface area contributed by atoms with Gasteiger partial charge in [-0.2, -0.15) is 5.10 Å². The summed E-state index contributed by atoms with van der Waals surface area (Å²) in [4.78, 5) is 4.62. The van der Waals surface area contributed by atoms with Crippen LogP contribution in [-0.4, -0.2) is 9.78 Å². The zero-order valence-electron chi connectivity index (χ0n) is 7.70. The van der Waals surface area contributed by atoms with Crippen LogP contribution in [0.3, 0.4) is 0 Å². The van der Waals surface area contributed by atoms with Crippen molar-refractivity contribution in [1.29, 1.82) is 0 Å². The van der Waals surface area contributed by atoms with E-state index in [-0.39, 0.29) is 0 Å². The Morgan fingerprint density at radius 1 is 1.57 bits per heavy atom. The van der Waals surface area contributed by atoms with Gasteiger partial charge in [0.25, 0.3) is 0 Å². The van der Waals surface area contributed by atoms with E-state index in [1.807, 2.05) is 25.2 Å². The number of aromatic nitrogens is 2. The molecule has 0 radical (unpaired) electrons. The number of halogens is 1. The first-order valence-electron chi connectivity index (χ1n) is 4.16. The first kappa shape index (κ1) is 9.45. The molecule has 14 heavy (non-hydrogen) atoms. The highest BCUT2D eigenvalue weighted by Gasteiger charge is 2.09. The van der Waals surface area contributed by atoms with Crippen molar-refractivity contribution in [2.24, 2.45) is 12.9 Å². The Balaban J connectivity index is 2.72. The van der Waals surface area contributed by atoms with Crippen LogP contribution in [0.15, 0.2) is 18.2 Å². The fourth-order valence-electron chi connectivity index (χ4n) is 1.58. The molecular weight excluding hydrogens is 202 g/mol. The van der Waals surface area contributed by atoms with Gasteiger partial charge in [-0.1, -0.05) is 23.7 Å². The molecule has 1 aromatic heterocycles. The molecule has 2 rings (SSSR count). The Bertz CT molecular complexity index is 466. The van der Waals surface area contributed by atoms with E-state index in [0.29, 0.717) is 11.8 Å². The van der Waals surface area contributed by atoms with Crippen LogP contribution in [0, 0.1) is 0 Å². The average molecular weight is 212 g/mol. The maximum absolute atomic E-state index is 5.95. The smallest absolute Gasteiger partial charge is 0.158 e. The van der Waals surface area contributed by atoms with Crippen molar-refractivity contribution >= 4 is 22.5 Å². The van der Waals surface area contributed by atoms with Crippen molar-refractivity contribution in [2.75, 3.05) is 0 Å². The van der Waals surface area contributed by atoms with E-state index in [0.717, 1.165) is 16.5 Å². The second kappa shape index (κ2) is 3.57. The van der Waals surface area contributed by atoms with E-state index in [9.17, 15) is 0 Å². The molecule has 1 heterocycles. The van der Waals surface area contributed by atoms with E-state index in [1.165, 1.54) is 0 Å². The molecule has 0 fully saturated rings. The molecule has 5 heteroatoms. The second-order valence-electron chi connectivity index (χ2n) is 3.04. The Kier molecular flexibility index (Phi) is 2.41. The van der Waals surface area contributed by atoms with Crippen molar-refractivity contribution in [1.82, 2.24) is 9.78 Å². The predicted octanol–water partition coefficient (Wildman–Crippen LogP) is 1.62. The Morgan fingerprint density at radius 3 is 3.07 bits per heavy atom. The third-order valence-corrected chi connectivity index (χ3v) is 2.42. The lowest BCUT2D eigenvalue weighted by Gasteiger charge is -2.02. The minimum atomic E-state index is 0.354. The fraction of sp³-hybridized carbons (Fsp3) is 0.222. The van der Waals surface area contributed by atoms with Crippen LogP contribution in [-0.2, 0) is 18.5 Å². The lowest BCUT2D eigenvalue weighted by atomic mass is 10.1. The van der Waals surface area contributed by atoms with Gasteiger partial charge in [-0.15, -0.1) is 0 Å². The molecule has 0 spiro atoms. The molecular formula is C9H10ClN3O. The summed E-state index contributed by atoms with van der Waals surface area (Å²) in [6.45, 7) is 0.354. The summed E-state index contributed by atoms with van der Waals surface area (Å²) in [6, 6.07) is 5.77. The van der Waals surface area contributed by atoms with Crippen LogP contribution in [0.25, 0.3) is 10.9 Å². The normalized spacial score (nSPS) is 11.1. The average Bonchev–Trinajstić information content (AvgIpc) is 2.44. The highest BCUT2D eigenvalue weighted by atomic mass is 35.5. The summed E-state index contributed by atoms with van der Waals surface area (Å²) < 4.78 is 1.73. The number of aryl methyl sites for hydroxylation is 1. The van der Waals surface area contributed by atoms with E-state index in [1.54, 1.807) is 4.68 Å². The van der Waals surface area contributed by atoms with Gasteiger partial charge in [0.2, 0.25) is 0 Å². The van der Waals surface area contributed by atoms with Gasteiger partial charge in [0.05, 0.1) is 12.1 Å². The SMILES string of the molecule is Cn1nc(Cl)c2cccc(CON)c21. The second-order valence-corrected chi connectivity index (χ2v) is 3.40. The topological polar surface area (TPSA) is 53.1 Å². The van der Waals surface area contributed by atoms with Gasteiger partial charge in [-0.25, -0.2) is 5.90 Å². The van der Waals surface area contributed by atoms with Crippen LogP contribution in [0.4, 0.5) is 0 Å². The standard InChI is InChI=1S/C9H10ClN3O/c1-13-8-6(5-14-11)3-2-4-7(8)9(10)12-13/h2-4H,5,11H2,1H3. The monoisotopic (exact) mass is 211 g/mol. The molecule has 0 bridgehead atoms. The van der Waals surface area contributed by atoms with Crippen LogP contribution >= 0.6 is 11.6 Å². The zero-order chi connectivity index (χ0) is 10.1. The molecule has 0 unspecified atom stereocenters. The summed E-state index contributed by atoms with van der Waals surface area (Å²) in [7, 11) is 1.84. The van der Waals surface area contributed by atoms with Gasteiger partial charge >= 0.3 is 0 Å². The number of benzene rings is 1. The molecule has 0 aliphatic carbocycles. The van der Waals surface area contributed by atoms with Crippen LogP contribution in [0.5, 0.6) is 0 Å². The number of fused-ring (bicyclic) bond motifs is 1. The molecule has 2 aromatic rings. The molecule has 0 aliphatic rings. The van der Waals surface area contributed by atoms with Crippen molar-refractivity contribution in [3.8, 4) is 0 Å². The van der Waals surface area contributed by atoms with E-state index in [2.05, 4.69) is 9.94 Å². The number of hydrogen-bond acceptors (Lipinski definition) is 3. The number of rotatable bonds is 2. The molecule has 0 aliphatic heterocycles. The van der Waals surface area contributed by atoms with Crippen molar-refractivity contribution < 1.29 is 4.84 Å². The quantitative estimate of drug-likeness (QED) is 0.768. The molecule has 4 nitrogen and oxygen atoms in total. The lowest BCUT2D eigenvalue weighted by molar-refractivity contribution is 0.125. The summed E-state index contributed by atoms with van der Waals surface area (Å²) in [5, 5.41) is 5.54. The summed E-state index contributed by atoms with van der Waals surface area (Å²) in [6.07, 6.45) is 0. The fourth-order valence-corrected chi connectivity index (χ4v) is 1.85. The van der Waals surface area contributed by atoms with Gasteiger partial charge in [-0.3, -0.25) is 9.52 Å². The highest BCUT2D eigenvalue weighted by molar-refractivity contribution is 6.34. The number of nitrogens with two attached hydrogens (primary N) is 1. The Labute approximate surface area is 86.2 Å². The number of hydrogen-bond donors (Lipinski definition) is 1. The van der Waals surface area contributed by atoms with Gasteiger partial charge < -0.3 is 0 Å². The number of para-hydroxylation sites is 1. The maximum atomic E-state index is 5.95. The molecule has 0 amide bonds. The van der Waals surface area contributed by atoms with E-state index < -0.39 is 0 Å². The Morgan fingerprint density at radius 2 is 2.36 bits per heavy atom. The summed E-state index contributed by atoms with van der Waals surface area (Å²) in [5.41, 5.74) is 1.94. The third-order valence-electron chi connectivity index (χ3n) is 2.14. The van der Waals surface area contributed by atoms with Gasteiger partial charge in [0.15, 0.2) is 5.15 Å². The Hall–Kier alpha value is -1.10. The van der Waals surface area contributed by atoms with E-state index >= 15 is 0 Å². The maximum Gasteiger partial charge on any atom is 0.158 e. The largest absolute Gasteiger partial charge is 0.300 e. The lowest BCUT2D eigenvalue weighted by Crippen LogP contribution is -2.01. The molecule has 74 valence electrons. The third kappa shape index (κ3) is 1.37. The van der Waals surface area contributed by atoms with Crippen LogP contribution < -0.4 is 5.90 Å². The van der Waals surface area contributed by atoms with Crippen LogP contribution in [0.2, 0.25) is 5.15 Å². The predicted molar refractivity (Wildman–Crippen MR) is 54.7 cm³/mol. The summed E-state index contributed by atoms with van der Waals surface area (Å²) >= 11 is 5.95. The van der Waals surface area contributed by atoms with Crippen molar-refractivity contribution in [3.05, 3.63) is 28.9 Å². The van der Waals surface area contributed by atoms with Gasteiger partial charge in [0.1, 0.15) is 0 Å². The summed E-state index contributed by atoms with van der Waals surface area (Å²) in [5.74, 6) is 5.05. The van der Waals surface area contributed by atoms with Gasteiger partial charge in [-0.05, 0) is 6.07 Å².